The van der Waals surface area contributed by atoms with Gasteiger partial charge in [-0.3, -0.25) is 9.59 Å². The Kier molecular flexibility index (Phi) is 6.53. The summed E-state index contributed by atoms with van der Waals surface area (Å²) in [5.74, 6) is 1.28. The maximum absolute atomic E-state index is 14.5. The van der Waals surface area contributed by atoms with Gasteiger partial charge in [0.1, 0.15) is 11.6 Å². The standard InChI is InChI=1S/C30H37FN2O4/c1-29(2,3)24-15-25(33-37-24)32-26(35)10-6-8-20-22(16-34)28(36)30(4)14-13-18-17-7-5-9-23(31)19(17)11-12-21(18)27(20)30/h5,7,9,15-16,18,20-21,27,34H,6,8,10-14H2,1-4H3,(H,32,33,35)/b22-16-/t18?,20-,21?,27?,30+/m1/s1. The molecule has 1 aromatic heterocycles. The highest BCUT2D eigenvalue weighted by atomic mass is 19.1. The molecular formula is C30H37FN2O4. The average Bonchev–Trinajstić information content (AvgIpc) is 3.40. The molecule has 2 N–H and O–H groups in total. The number of hydrogen-bond acceptors (Lipinski definition) is 5. The van der Waals surface area contributed by atoms with E-state index in [-0.39, 0.29) is 53.0 Å². The van der Waals surface area contributed by atoms with Crippen LogP contribution in [0.1, 0.15) is 89.0 Å². The third-order valence-electron chi connectivity index (χ3n) is 9.16. The van der Waals surface area contributed by atoms with Gasteiger partial charge in [-0.05, 0) is 79.4 Å². The zero-order valence-corrected chi connectivity index (χ0v) is 22.1. The van der Waals surface area contributed by atoms with E-state index in [1.807, 2.05) is 33.8 Å². The van der Waals surface area contributed by atoms with Crippen molar-refractivity contribution >= 4 is 17.5 Å². The summed E-state index contributed by atoms with van der Waals surface area (Å²) in [6, 6.07) is 7.12. The molecule has 0 radical (unpaired) electrons. The summed E-state index contributed by atoms with van der Waals surface area (Å²) in [5, 5.41) is 16.9. The van der Waals surface area contributed by atoms with Crippen LogP contribution in [0.15, 0.2) is 40.6 Å². The van der Waals surface area contributed by atoms with Crippen molar-refractivity contribution in [3.05, 3.63) is 58.8 Å². The number of aliphatic hydroxyl groups excluding tert-OH is 1. The number of aliphatic hydroxyl groups is 1. The van der Waals surface area contributed by atoms with Crippen molar-refractivity contribution in [2.24, 2.45) is 23.2 Å². The van der Waals surface area contributed by atoms with Gasteiger partial charge >= 0.3 is 0 Å². The molecule has 0 saturated heterocycles. The number of ketones is 1. The Hall–Kier alpha value is -2.96. The number of nitrogens with zero attached hydrogens (tertiary/aromatic N) is 1. The molecule has 6 nitrogen and oxygen atoms in total. The summed E-state index contributed by atoms with van der Waals surface area (Å²) in [7, 11) is 0. The smallest absolute Gasteiger partial charge is 0.225 e. The fourth-order valence-electron chi connectivity index (χ4n) is 7.39. The minimum Gasteiger partial charge on any atom is -0.515 e. The molecule has 3 aliphatic rings. The zero-order valence-electron chi connectivity index (χ0n) is 22.1. The molecule has 0 aliphatic heterocycles. The van der Waals surface area contributed by atoms with Crippen molar-refractivity contribution < 1.29 is 23.6 Å². The first-order valence-electron chi connectivity index (χ1n) is 13.5. The van der Waals surface area contributed by atoms with Crippen LogP contribution < -0.4 is 5.32 Å². The number of anilines is 1. The highest BCUT2D eigenvalue weighted by molar-refractivity contribution is 6.03. The molecule has 37 heavy (non-hydrogen) atoms. The number of hydrogen-bond donors (Lipinski definition) is 2. The molecule has 2 aromatic rings. The lowest BCUT2D eigenvalue weighted by molar-refractivity contribution is -0.127. The zero-order chi connectivity index (χ0) is 26.5. The van der Waals surface area contributed by atoms with Crippen LogP contribution >= 0.6 is 0 Å². The fraction of sp³-hybridized carbons (Fsp3) is 0.567. The monoisotopic (exact) mass is 508 g/mol. The van der Waals surface area contributed by atoms with Gasteiger partial charge < -0.3 is 14.9 Å². The minimum absolute atomic E-state index is 0.0373. The van der Waals surface area contributed by atoms with Crippen LogP contribution in [0, 0.1) is 29.0 Å². The maximum Gasteiger partial charge on any atom is 0.225 e. The van der Waals surface area contributed by atoms with Crippen LogP contribution in [-0.4, -0.2) is 22.0 Å². The first-order valence-corrected chi connectivity index (χ1v) is 13.5. The number of halogens is 1. The highest BCUT2D eigenvalue weighted by Crippen LogP contribution is 2.63. The van der Waals surface area contributed by atoms with E-state index in [0.29, 0.717) is 36.4 Å². The van der Waals surface area contributed by atoms with Crippen LogP contribution in [0.4, 0.5) is 10.2 Å². The minimum atomic E-state index is -0.530. The van der Waals surface area contributed by atoms with E-state index in [1.165, 1.54) is 6.07 Å². The molecule has 1 heterocycles. The van der Waals surface area contributed by atoms with Crippen molar-refractivity contribution in [2.75, 3.05) is 5.32 Å². The number of allylic oxidation sites excluding steroid dienone is 1. The molecule has 3 unspecified atom stereocenters. The van der Waals surface area contributed by atoms with Crippen molar-refractivity contribution in [1.29, 1.82) is 0 Å². The van der Waals surface area contributed by atoms with Crippen LogP contribution in [0.2, 0.25) is 0 Å². The van der Waals surface area contributed by atoms with Crippen molar-refractivity contribution in [1.82, 2.24) is 5.16 Å². The Morgan fingerprint density at radius 3 is 2.81 bits per heavy atom. The van der Waals surface area contributed by atoms with Crippen LogP contribution in [-0.2, 0) is 21.4 Å². The number of carbonyl (C=O) groups is 2. The summed E-state index contributed by atoms with van der Waals surface area (Å²) < 4.78 is 19.9. The van der Waals surface area contributed by atoms with Crippen molar-refractivity contribution in [3.8, 4) is 0 Å². The average molecular weight is 509 g/mol. The van der Waals surface area contributed by atoms with Crippen molar-refractivity contribution in [3.63, 3.8) is 0 Å². The third-order valence-corrected chi connectivity index (χ3v) is 9.16. The third kappa shape index (κ3) is 4.40. The van der Waals surface area contributed by atoms with E-state index in [2.05, 4.69) is 10.5 Å². The van der Waals surface area contributed by atoms with E-state index < -0.39 is 5.41 Å². The number of fused-ring (bicyclic) bond motifs is 5. The summed E-state index contributed by atoms with van der Waals surface area (Å²) in [4.78, 5) is 26.2. The van der Waals surface area contributed by atoms with Gasteiger partial charge in [-0.2, -0.15) is 0 Å². The number of Topliss-reactive ketones (excluding diaryl/α,β-unsaturated/α-hetero) is 1. The topological polar surface area (TPSA) is 92.4 Å². The Morgan fingerprint density at radius 1 is 1.32 bits per heavy atom. The number of carbonyl (C=O) groups excluding carboxylic acids is 2. The van der Waals surface area contributed by atoms with E-state index >= 15 is 0 Å². The summed E-state index contributed by atoms with van der Waals surface area (Å²) in [6.45, 7) is 8.09. The van der Waals surface area contributed by atoms with E-state index in [9.17, 15) is 19.1 Å². The second-order valence-corrected chi connectivity index (χ2v) is 12.4. The van der Waals surface area contributed by atoms with E-state index in [0.717, 1.165) is 36.7 Å². The van der Waals surface area contributed by atoms with Crippen LogP contribution in [0.25, 0.3) is 0 Å². The number of rotatable bonds is 5. The van der Waals surface area contributed by atoms with Gasteiger partial charge in [0.15, 0.2) is 11.6 Å². The van der Waals surface area contributed by atoms with Gasteiger partial charge in [-0.25, -0.2) is 4.39 Å². The van der Waals surface area contributed by atoms with Gasteiger partial charge in [-0.1, -0.05) is 45.0 Å². The molecule has 1 aromatic carbocycles. The molecular weight excluding hydrogens is 471 g/mol. The number of aromatic nitrogens is 1. The van der Waals surface area contributed by atoms with E-state index in [4.69, 9.17) is 4.52 Å². The number of amides is 1. The first-order chi connectivity index (χ1) is 17.5. The molecule has 7 heteroatoms. The second kappa shape index (κ2) is 9.41. The van der Waals surface area contributed by atoms with Gasteiger partial charge in [0.05, 0.1) is 6.26 Å². The Morgan fingerprint density at radius 2 is 2.11 bits per heavy atom. The molecule has 0 spiro atoms. The normalized spacial score (nSPS) is 30.1. The Bertz CT molecular complexity index is 1240. The van der Waals surface area contributed by atoms with Crippen LogP contribution in [0.3, 0.4) is 0 Å². The lowest BCUT2D eigenvalue weighted by Crippen LogP contribution is -2.44. The molecule has 5 rings (SSSR count). The van der Waals surface area contributed by atoms with Gasteiger partial charge in [0, 0.05) is 28.9 Å². The van der Waals surface area contributed by atoms with Gasteiger partial charge in [-0.15, -0.1) is 0 Å². The van der Waals surface area contributed by atoms with Crippen LogP contribution in [0.5, 0.6) is 0 Å². The first kappa shape index (κ1) is 25.7. The summed E-state index contributed by atoms with van der Waals surface area (Å²) in [5.41, 5.74) is 1.67. The molecule has 1 amide bonds. The molecule has 2 saturated carbocycles. The highest BCUT2D eigenvalue weighted by Gasteiger charge is 2.60. The number of benzene rings is 1. The summed E-state index contributed by atoms with van der Waals surface area (Å²) >= 11 is 0. The lowest BCUT2D eigenvalue weighted by atomic mass is 9.54. The Balaban J connectivity index is 1.31. The van der Waals surface area contributed by atoms with Gasteiger partial charge in [0.2, 0.25) is 5.91 Å². The SMILES string of the molecule is CC(C)(C)c1cc(NC(=O)CCC[C@@H]2/C(=C/O)C(=O)[C@@]3(C)CCC4c5cccc(F)c5CCC4C23)no1. The quantitative estimate of drug-likeness (QED) is 0.350. The lowest BCUT2D eigenvalue weighted by Gasteiger charge is -2.49. The van der Waals surface area contributed by atoms with Gasteiger partial charge in [0.25, 0.3) is 0 Å². The van der Waals surface area contributed by atoms with E-state index in [1.54, 1.807) is 12.1 Å². The summed E-state index contributed by atoms with van der Waals surface area (Å²) in [6.07, 6.45) is 5.59. The fourth-order valence-corrected chi connectivity index (χ4v) is 7.39. The van der Waals surface area contributed by atoms with Crippen molar-refractivity contribution in [2.45, 2.75) is 84.0 Å². The molecule has 198 valence electrons. The molecule has 0 bridgehead atoms. The Labute approximate surface area is 217 Å². The second-order valence-electron chi connectivity index (χ2n) is 12.4. The number of nitrogens with one attached hydrogen (secondary N) is 1. The predicted molar refractivity (Wildman–Crippen MR) is 139 cm³/mol. The molecule has 2 fully saturated rings. The predicted octanol–water partition coefficient (Wildman–Crippen LogP) is 6.62. The maximum atomic E-state index is 14.5. The largest absolute Gasteiger partial charge is 0.515 e. The molecule has 5 atom stereocenters. The molecule has 3 aliphatic carbocycles.